The number of imidazole rings is 2. The van der Waals surface area contributed by atoms with Crippen LogP contribution in [0, 0.1) is 11.8 Å². The summed E-state index contributed by atoms with van der Waals surface area (Å²) < 4.78 is 0. The highest BCUT2D eigenvalue weighted by Gasteiger charge is 2.42. The van der Waals surface area contributed by atoms with Gasteiger partial charge in [-0.2, -0.15) is 0 Å². The molecule has 0 aliphatic carbocycles. The number of likely N-dealkylation sites (tertiary alicyclic amines) is 2. The van der Waals surface area contributed by atoms with Gasteiger partial charge in [0.15, 0.2) is 0 Å². The Morgan fingerprint density at radius 3 is 1.39 bits per heavy atom. The Hall–Kier alpha value is -5.78. The molecule has 2 saturated heterocycles. The second kappa shape index (κ2) is 16.5. The standard InChI is InChI=1S/C40H46N8O6/c1-5-31(37(49)45-39(51)52)47-23(3)7-19-33(47)35-41-21-29(43-35)27-15-11-25(12-16-27)9-10-26-13-17-28(18-14-26)30-22-42-36(44-30)34-20-8-24(4)48(34)32(6-2)38(50)46-40(53)54/h11-18,21-24,31-34H,5-8,19-20H2,1-4H3,(H,41,43)(H,42,44)(H,45,49)(H,46,50)(H,51,52)(H,53,54)/t23-,24-,31-,32-,33-,34-/m0/s1. The molecule has 2 aliphatic rings. The van der Waals surface area contributed by atoms with E-state index in [1.165, 1.54) is 0 Å². The Bertz CT molecular complexity index is 1900. The highest BCUT2D eigenvalue weighted by atomic mass is 16.4. The summed E-state index contributed by atoms with van der Waals surface area (Å²) in [6.07, 6.45) is 5.31. The molecule has 14 nitrogen and oxygen atoms in total. The molecule has 0 bridgehead atoms. The van der Waals surface area contributed by atoms with Crippen molar-refractivity contribution in [3.05, 3.63) is 83.7 Å². The number of aromatic amines is 2. The van der Waals surface area contributed by atoms with E-state index in [1.807, 2.05) is 85.4 Å². The van der Waals surface area contributed by atoms with Crippen molar-refractivity contribution in [1.29, 1.82) is 0 Å². The van der Waals surface area contributed by atoms with E-state index >= 15 is 0 Å². The molecule has 2 aliphatic heterocycles. The molecule has 282 valence electrons. The number of imide groups is 2. The van der Waals surface area contributed by atoms with Gasteiger partial charge in [0, 0.05) is 46.7 Å². The van der Waals surface area contributed by atoms with E-state index < -0.39 is 36.1 Å². The Morgan fingerprint density at radius 1 is 0.685 bits per heavy atom. The number of hydrogen-bond acceptors (Lipinski definition) is 8. The molecule has 4 amide bonds. The van der Waals surface area contributed by atoms with Crippen molar-refractivity contribution in [3.63, 3.8) is 0 Å². The maximum atomic E-state index is 12.7. The summed E-state index contributed by atoms with van der Waals surface area (Å²) in [6, 6.07) is 14.5. The van der Waals surface area contributed by atoms with Crippen LogP contribution in [0.25, 0.3) is 22.5 Å². The average molecular weight is 735 g/mol. The molecule has 0 radical (unpaired) electrons. The Morgan fingerprint density at radius 2 is 1.06 bits per heavy atom. The highest BCUT2D eigenvalue weighted by Crippen LogP contribution is 2.39. The predicted molar refractivity (Wildman–Crippen MR) is 201 cm³/mol. The normalized spacial score (nSPS) is 21.2. The zero-order chi connectivity index (χ0) is 38.5. The van der Waals surface area contributed by atoms with E-state index in [4.69, 9.17) is 20.2 Å². The molecule has 2 fully saturated rings. The monoisotopic (exact) mass is 734 g/mol. The number of carbonyl (C=O) groups is 4. The van der Waals surface area contributed by atoms with Crippen molar-refractivity contribution in [3.8, 4) is 34.4 Å². The molecule has 2 aromatic heterocycles. The largest absolute Gasteiger partial charge is 0.465 e. The number of hydrogen-bond donors (Lipinski definition) is 6. The summed E-state index contributed by atoms with van der Waals surface area (Å²) in [6.45, 7) is 7.86. The summed E-state index contributed by atoms with van der Waals surface area (Å²) in [5, 5.41) is 22.2. The SMILES string of the molecule is CC[C@@H](C(=O)NC(=O)O)N1[C@@H](C)CC[C@H]1c1nc(-c2ccc(C#Cc3ccc(-c4c[nH]c([C@@H]5CC[C@H](C)N5[C@@H](CC)C(=O)NC(=O)O)n4)cc3)cc2)c[nH]1. The fourth-order valence-corrected chi connectivity index (χ4v) is 7.96. The van der Waals surface area contributed by atoms with Crippen LogP contribution < -0.4 is 10.6 Å². The number of H-pyrrole nitrogens is 2. The lowest BCUT2D eigenvalue weighted by Gasteiger charge is -2.33. The van der Waals surface area contributed by atoms with Crippen LogP contribution in [-0.2, 0) is 9.59 Å². The molecule has 4 heterocycles. The van der Waals surface area contributed by atoms with Crippen LogP contribution in [0.1, 0.15) is 101 Å². The van der Waals surface area contributed by atoms with Crippen LogP contribution in [0.15, 0.2) is 60.9 Å². The van der Waals surface area contributed by atoms with Gasteiger partial charge < -0.3 is 20.2 Å². The third-order valence-electron chi connectivity index (χ3n) is 10.6. The predicted octanol–water partition coefficient (Wildman–Crippen LogP) is 6.06. The molecule has 0 spiro atoms. The zero-order valence-corrected chi connectivity index (χ0v) is 30.8. The summed E-state index contributed by atoms with van der Waals surface area (Å²) in [7, 11) is 0. The van der Waals surface area contributed by atoms with Crippen molar-refractivity contribution < 1.29 is 29.4 Å². The number of nitrogens with zero attached hydrogens (tertiary/aromatic N) is 4. The number of benzene rings is 2. The van der Waals surface area contributed by atoms with Gasteiger partial charge in [0.05, 0.1) is 35.6 Å². The maximum absolute atomic E-state index is 12.7. The number of carbonyl (C=O) groups excluding carboxylic acids is 2. The first kappa shape index (κ1) is 38.0. The third kappa shape index (κ3) is 8.22. The molecular weight excluding hydrogens is 688 g/mol. The van der Waals surface area contributed by atoms with Gasteiger partial charge in [0.1, 0.15) is 11.6 Å². The van der Waals surface area contributed by atoms with Crippen molar-refractivity contribution in [2.45, 2.75) is 102 Å². The topological polar surface area (TPSA) is 197 Å². The molecule has 6 atom stereocenters. The second-order valence-corrected chi connectivity index (χ2v) is 14.0. The molecule has 2 aromatic carbocycles. The van der Waals surface area contributed by atoms with E-state index in [0.29, 0.717) is 12.8 Å². The van der Waals surface area contributed by atoms with E-state index in [0.717, 1.165) is 71.0 Å². The van der Waals surface area contributed by atoms with Gasteiger partial charge in [-0.1, -0.05) is 50.0 Å². The Balaban J connectivity index is 1.10. The lowest BCUT2D eigenvalue weighted by molar-refractivity contribution is -0.127. The molecule has 14 heteroatoms. The van der Waals surface area contributed by atoms with Crippen LogP contribution in [0.2, 0.25) is 0 Å². The Kier molecular flexibility index (Phi) is 11.6. The van der Waals surface area contributed by atoms with Crippen molar-refractivity contribution in [1.82, 2.24) is 40.4 Å². The van der Waals surface area contributed by atoms with Crippen LogP contribution in [0.4, 0.5) is 9.59 Å². The fraction of sp³-hybridized carbons (Fsp3) is 0.400. The van der Waals surface area contributed by atoms with Gasteiger partial charge in [-0.15, -0.1) is 0 Å². The molecule has 0 unspecified atom stereocenters. The van der Waals surface area contributed by atoms with Crippen LogP contribution in [-0.4, -0.2) is 88.1 Å². The van der Waals surface area contributed by atoms with E-state index in [9.17, 15) is 19.2 Å². The second-order valence-electron chi connectivity index (χ2n) is 14.0. The lowest BCUT2D eigenvalue weighted by Crippen LogP contribution is -2.50. The van der Waals surface area contributed by atoms with Gasteiger partial charge in [0.2, 0.25) is 11.8 Å². The highest BCUT2D eigenvalue weighted by molar-refractivity contribution is 5.94. The molecule has 54 heavy (non-hydrogen) atoms. The van der Waals surface area contributed by atoms with E-state index in [2.05, 4.69) is 45.5 Å². The number of carboxylic acid groups (broad SMARTS) is 2. The zero-order valence-electron chi connectivity index (χ0n) is 30.8. The van der Waals surface area contributed by atoms with Crippen LogP contribution in [0.5, 0.6) is 0 Å². The maximum Gasteiger partial charge on any atom is 0.411 e. The molecule has 6 N–H and O–H groups in total. The van der Waals surface area contributed by atoms with E-state index in [-0.39, 0.29) is 24.2 Å². The summed E-state index contributed by atoms with van der Waals surface area (Å²) >= 11 is 0. The summed E-state index contributed by atoms with van der Waals surface area (Å²) in [5.41, 5.74) is 5.07. The number of rotatable bonds is 10. The van der Waals surface area contributed by atoms with Crippen molar-refractivity contribution in [2.24, 2.45) is 0 Å². The molecular formula is C40H46N8O6. The minimum absolute atomic E-state index is 0.0995. The lowest BCUT2D eigenvalue weighted by atomic mass is 10.1. The first-order valence-corrected chi connectivity index (χ1v) is 18.4. The van der Waals surface area contributed by atoms with Gasteiger partial charge in [-0.05, 0) is 76.6 Å². The fourth-order valence-electron chi connectivity index (χ4n) is 7.96. The molecule has 0 saturated carbocycles. The summed E-state index contributed by atoms with van der Waals surface area (Å²) in [5.74, 6) is 6.91. The first-order chi connectivity index (χ1) is 26.0. The summed E-state index contributed by atoms with van der Waals surface area (Å²) in [4.78, 5) is 68.1. The minimum Gasteiger partial charge on any atom is -0.465 e. The molecule has 6 rings (SSSR count). The number of nitrogens with one attached hydrogen (secondary N) is 4. The van der Waals surface area contributed by atoms with Gasteiger partial charge in [0.25, 0.3) is 0 Å². The quantitative estimate of drug-likeness (QED) is 0.104. The minimum atomic E-state index is -1.35. The van der Waals surface area contributed by atoms with Gasteiger partial charge >= 0.3 is 12.2 Å². The van der Waals surface area contributed by atoms with Gasteiger partial charge in [-0.3, -0.25) is 30.0 Å². The van der Waals surface area contributed by atoms with Crippen LogP contribution >= 0.6 is 0 Å². The van der Waals surface area contributed by atoms with E-state index in [1.54, 1.807) is 0 Å². The van der Waals surface area contributed by atoms with Crippen LogP contribution in [0.3, 0.4) is 0 Å². The van der Waals surface area contributed by atoms with Gasteiger partial charge in [-0.25, -0.2) is 19.6 Å². The smallest absolute Gasteiger partial charge is 0.411 e. The average Bonchev–Trinajstić information content (AvgIpc) is 3.96. The Labute approximate surface area is 313 Å². The number of amides is 4. The first-order valence-electron chi connectivity index (χ1n) is 18.4. The molecule has 4 aromatic rings. The van der Waals surface area contributed by atoms with Crippen molar-refractivity contribution >= 4 is 24.0 Å². The number of aromatic nitrogens is 4. The van der Waals surface area contributed by atoms with Crippen molar-refractivity contribution in [2.75, 3.05) is 0 Å². The third-order valence-corrected chi connectivity index (χ3v) is 10.6.